The molecule has 3 nitrogen and oxygen atoms in total. The van der Waals surface area contributed by atoms with Gasteiger partial charge in [0, 0.05) is 18.1 Å². The molecule has 0 aliphatic heterocycles. The van der Waals surface area contributed by atoms with Gasteiger partial charge in [-0.15, -0.1) is 0 Å². The first kappa shape index (κ1) is 14.3. The van der Waals surface area contributed by atoms with Gasteiger partial charge in [-0.2, -0.15) is 0 Å². The Kier molecular flexibility index (Phi) is 4.58. The monoisotopic (exact) mass is 276 g/mol. The zero-order valence-corrected chi connectivity index (χ0v) is 11.5. The van der Waals surface area contributed by atoms with E-state index in [1.165, 1.54) is 13.2 Å². The topological polar surface area (TPSA) is 38.7 Å². The quantitative estimate of drug-likeness (QED) is 0.912. The molecule has 20 heavy (non-hydrogen) atoms. The molecular weight excluding hydrogens is 259 g/mol. The van der Waals surface area contributed by atoms with Gasteiger partial charge < -0.3 is 14.6 Å². The average Bonchev–Trinajstić information content (AvgIpc) is 2.48. The van der Waals surface area contributed by atoms with Gasteiger partial charge in [-0.25, -0.2) is 4.39 Å². The highest BCUT2D eigenvalue weighted by Crippen LogP contribution is 2.31. The molecule has 0 fully saturated rings. The number of hydrogen-bond donors (Lipinski definition) is 1. The molecule has 1 N–H and O–H groups in total. The van der Waals surface area contributed by atoms with Crippen molar-refractivity contribution >= 4 is 0 Å². The van der Waals surface area contributed by atoms with E-state index in [2.05, 4.69) is 0 Å². The molecule has 0 spiro atoms. The molecule has 0 bridgehead atoms. The van der Waals surface area contributed by atoms with E-state index in [0.717, 1.165) is 0 Å². The lowest BCUT2D eigenvalue weighted by atomic mass is 10.00. The summed E-state index contributed by atoms with van der Waals surface area (Å²) in [6.45, 7) is 0. The van der Waals surface area contributed by atoms with Crippen LogP contribution in [0.2, 0.25) is 0 Å². The fourth-order valence-electron chi connectivity index (χ4n) is 2.08. The predicted octanol–water partition coefficient (Wildman–Crippen LogP) is 3.12. The maximum Gasteiger partial charge on any atom is 0.128 e. The van der Waals surface area contributed by atoms with E-state index in [1.807, 2.05) is 0 Å². The van der Waals surface area contributed by atoms with Crippen LogP contribution in [0.5, 0.6) is 11.5 Å². The Labute approximate surface area is 117 Å². The van der Waals surface area contributed by atoms with Crippen molar-refractivity contribution in [2.24, 2.45) is 0 Å². The summed E-state index contributed by atoms with van der Waals surface area (Å²) >= 11 is 0. The lowest BCUT2D eigenvalue weighted by molar-refractivity contribution is 0.172. The van der Waals surface area contributed by atoms with E-state index in [-0.39, 0.29) is 12.2 Å². The van der Waals surface area contributed by atoms with Gasteiger partial charge in [-0.3, -0.25) is 0 Å². The molecule has 2 aromatic rings. The summed E-state index contributed by atoms with van der Waals surface area (Å²) in [6, 6.07) is 11.6. The molecule has 0 amide bonds. The largest absolute Gasteiger partial charge is 0.497 e. The average molecular weight is 276 g/mol. The molecule has 0 saturated carbocycles. The van der Waals surface area contributed by atoms with E-state index >= 15 is 0 Å². The first-order valence-electron chi connectivity index (χ1n) is 6.29. The maximum absolute atomic E-state index is 13.6. The van der Waals surface area contributed by atoms with Gasteiger partial charge in [0.25, 0.3) is 0 Å². The summed E-state index contributed by atoms with van der Waals surface area (Å²) in [4.78, 5) is 0. The minimum atomic E-state index is -0.840. The third kappa shape index (κ3) is 3.08. The van der Waals surface area contributed by atoms with Gasteiger partial charge in [0.05, 0.1) is 20.3 Å². The maximum atomic E-state index is 13.6. The molecule has 1 unspecified atom stereocenters. The Morgan fingerprint density at radius 1 is 1.10 bits per heavy atom. The lowest BCUT2D eigenvalue weighted by Crippen LogP contribution is -2.05. The third-order valence-corrected chi connectivity index (χ3v) is 3.17. The van der Waals surface area contributed by atoms with Crippen molar-refractivity contribution in [1.82, 2.24) is 0 Å². The Balaban J connectivity index is 2.25. The highest BCUT2D eigenvalue weighted by atomic mass is 19.1. The van der Waals surface area contributed by atoms with Crippen LogP contribution in [0.25, 0.3) is 0 Å². The van der Waals surface area contributed by atoms with Crippen molar-refractivity contribution in [2.75, 3.05) is 14.2 Å². The third-order valence-electron chi connectivity index (χ3n) is 3.17. The van der Waals surface area contributed by atoms with Crippen molar-refractivity contribution in [2.45, 2.75) is 12.5 Å². The highest BCUT2D eigenvalue weighted by Gasteiger charge is 2.16. The zero-order chi connectivity index (χ0) is 14.5. The van der Waals surface area contributed by atoms with E-state index in [1.54, 1.807) is 43.5 Å². The molecule has 2 rings (SSSR count). The second-order valence-corrected chi connectivity index (χ2v) is 4.42. The molecule has 0 radical (unpaired) electrons. The first-order valence-corrected chi connectivity index (χ1v) is 6.29. The van der Waals surface area contributed by atoms with Gasteiger partial charge >= 0.3 is 0 Å². The van der Waals surface area contributed by atoms with Gasteiger partial charge in [-0.1, -0.05) is 18.2 Å². The van der Waals surface area contributed by atoms with Crippen molar-refractivity contribution in [3.8, 4) is 11.5 Å². The minimum absolute atomic E-state index is 0.190. The van der Waals surface area contributed by atoms with Crippen LogP contribution in [0, 0.1) is 5.82 Å². The number of halogens is 1. The van der Waals surface area contributed by atoms with Crippen molar-refractivity contribution < 1.29 is 19.0 Å². The molecule has 2 aromatic carbocycles. The number of hydrogen-bond acceptors (Lipinski definition) is 3. The smallest absolute Gasteiger partial charge is 0.128 e. The molecule has 0 saturated heterocycles. The second-order valence-electron chi connectivity index (χ2n) is 4.42. The summed E-state index contributed by atoms with van der Waals surface area (Å²) in [5.41, 5.74) is 1.08. The SMILES string of the molecule is COc1ccc(C(O)Cc2ccccc2F)c(OC)c1. The minimum Gasteiger partial charge on any atom is -0.497 e. The Bertz CT molecular complexity index is 584. The fraction of sp³-hybridized carbons (Fsp3) is 0.250. The standard InChI is InChI=1S/C16H17FO3/c1-19-12-7-8-13(16(10-12)20-2)15(18)9-11-5-3-4-6-14(11)17/h3-8,10,15,18H,9H2,1-2H3. The summed E-state index contributed by atoms with van der Waals surface area (Å²) in [6.07, 6.45) is -0.650. The van der Waals surface area contributed by atoms with E-state index in [9.17, 15) is 9.50 Å². The van der Waals surface area contributed by atoms with Crippen molar-refractivity contribution in [3.63, 3.8) is 0 Å². The summed E-state index contributed by atoms with van der Waals surface area (Å²) in [7, 11) is 3.08. The van der Waals surface area contributed by atoms with Gasteiger partial charge in [-0.05, 0) is 23.8 Å². The van der Waals surface area contributed by atoms with Crippen molar-refractivity contribution in [3.05, 3.63) is 59.4 Å². The van der Waals surface area contributed by atoms with Crippen LogP contribution in [0.1, 0.15) is 17.2 Å². The van der Waals surface area contributed by atoms with Crippen LogP contribution in [-0.4, -0.2) is 19.3 Å². The predicted molar refractivity (Wildman–Crippen MR) is 74.6 cm³/mol. The number of benzene rings is 2. The number of ether oxygens (including phenoxy) is 2. The van der Waals surface area contributed by atoms with Gasteiger partial charge in [0.1, 0.15) is 17.3 Å². The van der Waals surface area contributed by atoms with Crippen LogP contribution in [0.3, 0.4) is 0 Å². The molecular formula is C16H17FO3. The summed E-state index contributed by atoms with van der Waals surface area (Å²) in [5.74, 6) is 0.843. The number of aliphatic hydroxyl groups is 1. The molecule has 0 heterocycles. The zero-order valence-electron chi connectivity index (χ0n) is 11.5. The number of aliphatic hydroxyl groups excluding tert-OH is 1. The van der Waals surface area contributed by atoms with E-state index < -0.39 is 6.10 Å². The molecule has 0 aliphatic rings. The van der Waals surface area contributed by atoms with Crippen LogP contribution >= 0.6 is 0 Å². The van der Waals surface area contributed by atoms with E-state index in [4.69, 9.17) is 9.47 Å². The second kappa shape index (κ2) is 6.39. The fourth-order valence-corrected chi connectivity index (χ4v) is 2.08. The molecule has 0 aromatic heterocycles. The molecule has 4 heteroatoms. The van der Waals surface area contributed by atoms with Crippen LogP contribution in [-0.2, 0) is 6.42 Å². The number of methoxy groups -OCH3 is 2. The molecule has 1 atom stereocenters. The van der Waals surface area contributed by atoms with Crippen LogP contribution in [0.4, 0.5) is 4.39 Å². The lowest BCUT2D eigenvalue weighted by Gasteiger charge is -2.16. The van der Waals surface area contributed by atoms with Crippen LogP contribution < -0.4 is 9.47 Å². The summed E-state index contributed by atoms with van der Waals surface area (Å²) in [5, 5.41) is 10.3. The molecule has 0 aliphatic carbocycles. The first-order chi connectivity index (χ1) is 9.65. The van der Waals surface area contributed by atoms with Gasteiger partial charge in [0.2, 0.25) is 0 Å². The summed E-state index contributed by atoms with van der Waals surface area (Å²) < 4.78 is 24.0. The Morgan fingerprint density at radius 3 is 2.50 bits per heavy atom. The van der Waals surface area contributed by atoms with Gasteiger partial charge in [0.15, 0.2) is 0 Å². The Morgan fingerprint density at radius 2 is 1.85 bits per heavy atom. The van der Waals surface area contributed by atoms with Crippen LogP contribution in [0.15, 0.2) is 42.5 Å². The molecule has 106 valence electrons. The van der Waals surface area contributed by atoms with Crippen molar-refractivity contribution in [1.29, 1.82) is 0 Å². The van der Waals surface area contributed by atoms with E-state index in [0.29, 0.717) is 22.6 Å². The normalized spacial score (nSPS) is 12.0. The highest BCUT2D eigenvalue weighted by molar-refractivity contribution is 5.42. The number of rotatable bonds is 5. The Hall–Kier alpha value is -2.07.